The minimum atomic E-state index is -1.62. The number of nitrogens with one attached hydrogen (secondary N) is 2. The molecule has 0 aliphatic rings. The van der Waals surface area contributed by atoms with Crippen LogP contribution in [0, 0.1) is 34.1 Å². The van der Waals surface area contributed by atoms with Crippen molar-refractivity contribution in [1.29, 1.82) is 0 Å². The van der Waals surface area contributed by atoms with Crippen molar-refractivity contribution < 1.29 is 11.4 Å². The van der Waals surface area contributed by atoms with Crippen LogP contribution in [0.15, 0.2) is 24.3 Å². The number of nitrogens with zero attached hydrogens (tertiary/aromatic N) is 2. The molecule has 0 aliphatic heterocycles. The summed E-state index contributed by atoms with van der Waals surface area (Å²) in [5.41, 5.74) is 9.37. The van der Waals surface area contributed by atoms with E-state index in [1.54, 1.807) is 0 Å². The summed E-state index contributed by atoms with van der Waals surface area (Å²) in [6.07, 6.45) is 3.84. The van der Waals surface area contributed by atoms with Crippen molar-refractivity contribution in [3.63, 3.8) is 0 Å². The molecule has 2 heterocycles. The molecule has 2 N–H and O–H groups in total. The van der Waals surface area contributed by atoms with Gasteiger partial charge in [0.1, 0.15) is 0 Å². The Kier molecular flexibility index (Phi) is 7.54. The molecule has 0 amide bonds. The van der Waals surface area contributed by atoms with Gasteiger partial charge in [-0.15, -0.1) is 12.8 Å². The first-order valence-corrected chi connectivity index (χ1v) is 14.5. The van der Waals surface area contributed by atoms with E-state index in [9.17, 15) is 0 Å². The van der Waals surface area contributed by atoms with Crippen molar-refractivity contribution in [3.8, 4) is 0 Å². The summed E-state index contributed by atoms with van der Waals surface area (Å²) >= 11 is -1.62. The van der Waals surface area contributed by atoms with Crippen LogP contribution in [0.4, 0.5) is 0 Å². The zero-order valence-electron chi connectivity index (χ0n) is 16.7. The number of aromatic amines is 2. The molecule has 0 saturated carbocycles. The second-order valence-electron chi connectivity index (χ2n) is 7.08. The van der Waals surface area contributed by atoms with E-state index in [0.29, 0.717) is 0 Å². The van der Waals surface area contributed by atoms with E-state index in [2.05, 4.69) is 68.3 Å². The van der Waals surface area contributed by atoms with Gasteiger partial charge in [-0.2, -0.15) is 0 Å². The SMILES string of the molecule is Cc1ccc(C)c2[nH]c(C[CH-]Cc3nc4c(C)ccc(C)c4[nH]3)nc12.[Cl][Cr+]([Cl])[Cl]. The summed E-state index contributed by atoms with van der Waals surface area (Å²) in [4.78, 5) is 16.4. The zero-order valence-corrected chi connectivity index (χ0v) is 20.3. The van der Waals surface area contributed by atoms with Crippen LogP contribution in [0.5, 0.6) is 0 Å². The first kappa shape index (κ1) is 22.5. The monoisotopic (exact) mass is 488 g/mol. The Morgan fingerprint density at radius 1 is 0.724 bits per heavy atom. The summed E-state index contributed by atoms with van der Waals surface area (Å²) in [6.45, 7) is 8.45. The fourth-order valence-corrected chi connectivity index (χ4v) is 3.35. The topological polar surface area (TPSA) is 57.4 Å². The molecule has 4 rings (SSSR count). The summed E-state index contributed by atoms with van der Waals surface area (Å²) in [5.74, 6) is 2.02. The standard InChI is InChI=1S/C21H23N4.3ClH.Cr/c1-12-8-9-13(2)19-18(12)22-16(23-19)6-5-7-17-24-20-14(3)10-11-15(4)21(20)25-17;;;;/h5,8-11H,6-7H2,1-4H3,(H,22,23)(H,24,25);3*1H;/q-1;;;;+4/p-3. The van der Waals surface area contributed by atoms with Crippen LogP contribution < -0.4 is 0 Å². The van der Waals surface area contributed by atoms with Crippen molar-refractivity contribution in [2.75, 3.05) is 0 Å². The molecule has 2 aromatic heterocycles. The van der Waals surface area contributed by atoms with Crippen LogP contribution in [0.1, 0.15) is 33.9 Å². The molecule has 2 aromatic carbocycles. The third-order valence-electron chi connectivity index (χ3n) is 4.88. The van der Waals surface area contributed by atoms with E-state index in [4.69, 9.17) is 40.1 Å². The van der Waals surface area contributed by atoms with Gasteiger partial charge in [-0.3, -0.25) is 0 Å². The quantitative estimate of drug-likeness (QED) is 0.312. The van der Waals surface area contributed by atoms with Crippen molar-refractivity contribution in [2.45, 2.75) is 40.5 Å². The zero-order chi connectivity index (χ0) is 21.1. The van der Waals surface area contributed by atoms with E-state index >= 15 is 0 Å². The normalized spacial score (nSPS) is 11.3. The Bertz CT molecular complexity index is 967. The number of hydrogen-bond acceptors (Lipinski definition) is 2. The van der Waals surface area contributed by atoms with E-state index in [-0.39, 0.29) is 0 Å². The second kappa shape index (κ2) is 9.73. The molecule has 4 aromatic rings. The van der Waals surface area contributed by atoms with Gasteiger partial charge in [0.15, 0.2) is 0 Å². The van der Waals surface area contributed by atoms with Gasteiger partial charge < -0.3 is 16.4 Å². The maximum absolute atomic E-state index is 4.93. The Morgan fingerprint density at radius 3 is 1.41 bits per heavy atom. The summed E-state index contributed by atoms with van der Waals surface area (Å²) < 4.78 is 0. The van der Waals surface area contributed by atoms with Crippen molar-refractivity contribution in [2.24, 2.45) is 0 Å². The number of halogens is 3. The summed E-state index contributed by atoms with van der Waals surface area (Å²) in [5, 5.41) is 0. The molecule has 0 unspecified atom stereocenters. The van der Waals surface area contributed by atoms with Gasteiger partial charge in [0.2, 0.25) is 0 Å². The molecule has 4 nitrogen and oxygen atoms in total. The third kappa shape index (κ3) is 5.48. The molecule has 0 saturated heterocycles. The predicted molar refractivity (Wildman–Crippen MR) is 120 cm³/mol. The van der Waals surface area contributed by atoms with E-state index in [1.807, 2.05) is 0 Å². The number of fused-ring (bicyclic) bond motifs is 2. The fraction of sp³-hybridized carbons (Fsp3) is 0.286. The van der Waals surface area contributed by atoms with Crippen LogP contribution in [0.25, 0.3) is 22.1 Å². The number of benzene rings is 2. The Hall–Kier alpha value is -1.22. The van der Waals surface area contributed by atoms with Gasteiger partial charge in [-0.05, 0) is 49.9 Å². The van der Waals surface area contributed by atoms with Crippen molar-refractivity contribution in [3.05, 3.63) is 64.6 Å². The molecule has 0 spiro atoms. The van der Waals surface area contributed by atoms with Gasteiger partial charge in [-0.1, -0.05) is 24.3 Å². The van der Waals surface area contributed by atoms with Gasteiger partial charge in [0.25, 0.3) is 0 Å². The Balaban J connectivity index is 0.000000552. The van der Waals surface area contributed by atoms with Crippen molar-refractivity contribution in [1.82, 2.24) is 19.9 Å². The van der Waals surface area contributed by atoms with Gasteiger partial charge in [0.05, 0.1) is 33.7 Å². The molecule has 0 atom stereocenters. The Labute approximate surface area is 188 Å². The van der Waals surface area contributed by atoms with Gasteiger partial charge >= 0.3 is 41.5 Å². The molecule has 0 radical (unpaired) electrons. The molecule has 0 bridgehead atoms. The summed E-state index contributed by atoms with van der Waals surface area (Å²) in [6, 6.07) is 8.54. The number of hydrogen-bond donors (Lipinski definition) is 2. The molecular formula is C21H23Cl3CrN4. The fourth-order valence-electron chi connectivity index (χ4n) is 3.35. The number of rotatable bonds is 4. The first-order valence-electron chi connectivity index (χ1n) is 9.20. The molecule has 8 heteroatoms. The number of imidazole rings is 2. The van der Waals surface area contributed by atoms with Crippen LogP contribution in [0.3, 0.4) is 0 Å². The van der Waals surface area contributed by atoms with E-state index < -0.39 is 11.4 Å². The third-order valence-corrected chi connectivity index (χ3v) is 4.88. The summed E-state index contributed by atoms with van der Waals surface area (Å²) in [7, 11) is 14.8. The van der Waals surface area contributed by atoms with Gasteiger partial charge in [-0.25, -0.2) is 9.97 Å². The van der Waals surface area contributed by atoms with Crippen LogP contribution in [-0.2, 0) is 24.2 Å². The van der Waals surface area contributed by atoms with Gasteiger partial charge in [0, 0.05) is 0 Å². The first-order chi connectivity index (χ1) is 13.8. The minimum absolute atomic E-state index is 0.808. The molecule has 154 valence electrons. The second-order valence-corrected chi connectivity index (χ2v) is 13.4. The van der Waals surface area contributed by atoms with Crippen LogP contribution >= 0.6 is 30.1 Å². The van der Waals surface area contributed by atoms with Crippen molar-refractivity contribution >= 4 is 52.2 Å². The molecule has 0 fully saturated rings. The van der Waals surface area contributed by atoms with E-state index in [1.165, 1.54) is 22.3 Å². The molecule has 0 aliphatic carbocycles. The number of aryl methyl sites for hydroxylation is 4. The predicted octanol–water partition coefficient (Wildman–Crippen LogP) is 6.73. The van der Waals surface area contributed by atoms with Crippen LogP contribution in [-0.4, -0.2) is 19.9 Å². The number of aromatic nitrogens is 4. The Morgan fingerprint density at radius 2 is 1.07 bits per heavy atom. The maximum atomic E-state index is 4.93. The molecule has 29 heavy (non-hydrogen) atoms. The average molecular weight is 490 g/mol. The number of H-pyrrole nitrogens is 2. The van der Waals surface area contributed by atoms with E-state index in [0.717, 1.165) is 46.6 Å². The molecular weight excluding hydrogens is 467 g/mol. The average Bonchev–Trinajstić information content (AvgIpc) is 3.27. The van der Waals surface area contributed by atoms with Crippen LogP contribution in [0.2, 0.25) is 0 Å².